The summed E-state index contributed by atoms with van der Waals surface area (Å²) >= 11 is 1.44. The molecule has 5 heterocycles. The fourth-order valence-electron chi connectivity index (χ4n) is 4.60. The maximum absolute atomic E-state index is 13.1. The number of nitrogens with zero attached hydrogens (tertiary/aromatic N) is 3. The van der Waals surface area contributed by atoms with Gasteiger partial charge in [0.05, 0.1) is 31.1 Å². The molecule has 2 aromatic rings. The van der Waals surface area contributed by atoms with E-state index in [0.717, 1.165) is 67.0 Å². The first-order chi connectivity index (χ1) is 13.9. The Balaban J connectivity index is 1.67. The Morgan fingerprint density at radius 3 is 2.59 bits per heavy atom. The maximum atomic E-state index is 13.1. The van der Waals surface area contributed by atoms with Gasteiger partial charge < -0.3 is 25.0 Å². The van der Waals surface area contributed by atoms with Gasteiger partial charge in [0.2, 0.25) is 0 Å². The van der Waals surface area contributed by atoms with E-state index in [1.165, 1.54) is 16.9 Å². The quantitative estimate of drug-likeness (QED) is 0.811. The van der Waals surface area contributed by atoms with Gasteiger partial charge in [0.25, 0.3) is 5.91 Å². The van der Waals surface area contributed by atoms with Crippen LogP contribution >= 0.6 is 11.3 Å². The molecular weight excluding hydrogens is 388 g/mol. The van der Waals surface area contributed by atoms with Gasteiger partial charge in [0.1, 0.15) is 15.5 Å². The molecule has 3 aliphatic heterocycles. The summed E-state index contributed by atoms with van der Waals surface area (Å²) in [7, 11) is 0. The summed E-state index contributed by atoms with van der Waals surface area (Å²) in [6.45, 7) is 9.39. The lowest BCUT2D eigenvalue weighted by molar-refractivity contribution is -0.0396. The van der Waals surface area contributed by atoms with Crippen LogP contribution in [0.3, 0.4) is 0 Å². The Hall–Kier alpha value is -1.90. The third-order valence-electron chi connectivity index (χ3n) is 6.18. The highest BCUT2D eigenvalue weighted by Gasteiger charge is 2.34. The van der Waals surface area contributed by atoms with Gasteiger partial charge in [0.15, 0.2) is 0 Å². The summed E-state index contributed by atoms with van der Waals surface area (Å²) in [5.74, 6) is 1.02. The van der Waals surface area contributed by atoms with Crippen LogP contribution in [-0.4, -0.2) is 60.8 Å². The van der Waals surface area contributed by atoms with Crippen molar-refractivity contribution in [2.24, 2.45) is 0 Å². The number of hydrogen-bond donors (Lipinski definition) is 1. The van der Waals surface area contributed by atoms with E-state index in [0.29, 0.717) is 30.4 Å². The van der Waals surface area contributed by atoms with E-state index in [-0.39, 0.29) is 11.5 Å². The molecule has 0 aromatic carbocycles. The molecule has 0 atom stereocenters. The lowest BCUT2D eigenvalue weighted by Gasteiger charge is -2.36. The van der Waals surface area contributed by atoms with E-state index in [1.54, 1.807) is 0 Å². The molecule has 3 aliphatic rings. The van der Waals surface area contributed by atoms with Gasteiger partial charge in [-0.25, -0.2) is 4.98 Å². The van der Waals surface area contributed by atoms with Gasteiger partial charge in [-0.1, -0.05) is 0 Å². The number of carbonyl (C=O) groups excluding carboxylic acids is 1. The van der Waals surface area contributed by atoms with E-state index in [2.05, 4.69) is 18.7 Å². The lowest BCUT2D eigenvalue weighted by atomic mass is 9.89. The number of likely N-dealkylation sites (tertiary alicyclic amines) is 1. The first-order valence-electron chi connectivity index (χ1n) is 10.4. The Kier molecular flexibility index (Phi) is 4.68. The van der Waals surface area contributed by atoms with Crippen molar-refractivity contribution >= 4 is 39.0 Å². The van der Waals surface area contributed by atoms with Crippen molar-refractivity contribution in [2.75, 3.05) is 50.0 Å². The molecule has 2 fully saturated rings. The van der Waals surface area contributed by atoms with Crippen molar-refractivity contribution in [3.8, 4) is 0 Å². The second-order valence-corrected chi connectivity index (χ2v) is 9.74. The average molecular weight is 417 g/mol. The number of thiophene rings is 1. The van der Waals surface area contributed by atoms with Crippen LogP contribution in [0.25, 0.3) is 10.2 Å². The minimum atomic E-state index is -0.267. The van der Waals surface area contributed by atoms with Gasteiger partial charge in [-0.05, 0) is 32.3 Å². The highest BCUT2D eigenvalue weighted by atomic mass is 32.1. The molecule has 7 nitrogen and oxygen atoms in total. The zero-order chi connectivity index (χ0) is 20.2. The monoisotopic (exact) mass is 416 g/mol. The van der Waals surface area contributed by atoms with Crippen LogP contribution in [-0.2, 0) is 22.5 Å². The molecule has 0 saturated carbocycles. The number of aromatic nitrogens is 1. The Labute approximate surface area is 174 Å². The minimum absolute atomic E-state index is 0.0518. The molecule has 5 rings (SSSR count). The molecule has 1 amide bonds. The van der Waals surface area contributed by atoms with Gasteiger partial charge in [0, 0.05) is 43.5 Å². The second kappa shape index (κ2) is 7.11. The zero-order valence-electron chi connectivity index (χ0n) is 17.1. The van der Waals surface area contributed by atoms with Crippen LogP contribution < -0.4 is 10.6 Å². The normalized spacial score (nSPS) is 21.6. The highest BCUT2D eigenvalue weighted by Crippen LogP contribution is 2.44. The molecule has 0 bridgehead atoms. The van der Waals surface area contributed by atoms with E-state index in [1.807, 2.05) is 4.90 Å². The molecule has 2 aromatic heterocycles. The number of carbonyl (C=O) groups is 1. The Morgan fingerprint density at radius 1 is 1.14 bits per heavy atom. The first-order valence-corrected chi connectivity index (χ1v) is 11.3. The van der Waals surface area contributed by atoms with Crippen molar-refractivity contribution < 1.29 is 14.3 Å². The number of anilines is 2. The molecule has 0 unspecified atom stereocenters. The van der Waals surface area contributed by atoms with Gasteiger partial charge in [-0.3, -0.25) is 4.79 Å². The lowest BCUT2D eigenvalue weighted by Crippen LogP contribution is -2.39. The van der Waals surface area contributed by atoms with Crippen LogP contribution in [0.2, 0.25) is 0 Å². The Morgan fingerprint density at radius 2 is 1.86 bits per heavy atom. The predicted octanol–water partition coefficient (Wildman–Crippen LogP) is 2.80. The summed E-state index contributed by atoms with van der Waals surface area (Å²) < 4.78 is 11.7. The smallest absolute Gasteiger partial charge is 0.266 e. The van der Waals surface area contributed by atoms with Crippen LogP contribution in [0.5, 0.6) is 0 Å². The molecule has 2 N–H and O–H groups in total. The second-order valence-electron chi connectivity index (χ2n) is 8.74. The van der Waals surface area contributed by atoms with E-state index >= 15 is 0 Å². The van der Waals surface area contributed by atoms with E-state index < -0.39 is 0 Å². The number of rotatable bonds is 2. The van der Waals surface area contributed by atoms with Crippen molar-refractivity contribution in [3.63, 3.8) is 0 Å². The predicted molar refractivity (Wildman–Crippen MR) is 115 cm³/mol. The average Bonchev–Trinajstić information content (AvgIpc) is 3.35. The number of pyridine rings is 1. The highest BCUT2D eigenvalue weighted by molar-refractivity contribution is 7.21. The molecule has 8 heteroatoms. The van der Waals surface area contributed by atoms with Crippen molar-refractivity contribution in [1.29, 1.82) is 0 Å². The van der Waals surface area contributed by atoms with Crippen LogP contribution in [0.1, 0.15) is 47.5 Å². The molecule has 29 heavy (non-hydrogen) atoms. The number of amides is 1. The molecule has 2 saturated heterocycles. The van der Waals surface area contributed by atoms with E-state index in [9.17, 15) is 4.79 Å². The molecule has 0 spiro atoms. The fourth-order valence-corrected chi connectivity index (χ4v) is 5.69. The van der Waals surface area contributed by atoms with Crippen LogP contribution in [0.4, 0.5) is 11.5 Å². The largest absolute Gasteiger partial charge is 0.397 e. The number of fused-ring (bicyclic) bond motifs is 3. The number of nitrogens with two attached hydrogens (primary N) is 1. The van der Waals surface area contributed by atoms with Crippen molar-refractivity contribution in [1.82, 2.24) is 9.88 Å². The first kappa shape index (κ1) is 19.1. The Bertz CT molecular complexity index is 959. The number of nitrogen functional groups attached to an aromatic ring is 1. The van der Waals surface area contributed by atoms with Crippen LogP contribution in [0.15, 0.2) is 0 Å². The topological polar surface area (TPSA) is 80.9 Å². The third-order valence-corrected chi connectivity index (χ3v) is 7.27. The molecule has 0 aliphatic carbocycles. The van der Waals surface area contributed by atoms with Crippen molar-refractivity contribution in [3.05, 3.63) is 16.0 Å². The molecule has 0 radical (unpaired) electrons. The summed E-state index contributed by atoms with van der Waals surface area (Å²) in [6.07, 6.45) is 2.89. The summed E-state index contributed by atoms with van der Waals surface area (Å²) in [4.78, 5) is 23.8. The van der Waals surface area contributed by atoms with E-state index in [4.69, 9.17) is 20.2 Å². The summed E-state index contributed by atoms with van der Waals surface area (Å²) in [5.41, 5.74) is 9.24. The van der Waals surface area contributed by atoms with Gasteiger partial charge in [-0.15, -0.1) is 11.3 Å². The van der Waals surface area contributed by atoms with Gasteiger partial charge >= 0.3 is 0 Å². The van der Waals surface area contributed by atoms with Crippen LogP contribution in [0, 0.1) is 0 Å². The molecular formula is C21H28N4O3S. The zero-order valence-corrected chi connectivity index (χ0v) is 17.9. The number of morpholine rings is 1. The summed E-state index contributed by atoms with van der Waals surface area (Å²) in [6, 6.07) is 0. The van der Waals surface area contributed by atoms with Gasteiger partial charge in [-0.2, -0.15) is 0 Å². The standard InChI is InChI=1S/C21H28N4O3S/c1-21(2)11-13-14(12-28-21)18(24-7-9-27-10-8-24)23-19-15(13)16(22)17(29-19)20(26)25-5-3-4-6-25/h3-12,22H2,1-2H3. The third kappa shape index (κ3) is 3.27. The summed E-state index contributed by atoms with van der Waals surface area (Å²) in [5, 5.41) is 0.959. The fraction of sp³-hybridized carbons (Fsp3) is 0.619. The van der Waals surface area contributed by atoms with Crippen molar-refractivity contribution in [2.45, 2.75) is 45.3 Å². The minimum Gasteiger partial charge on any atom is -0.397 e. The SMILES string of the molecule is CC1(C)Cc2c(c(N3CCOCC3)nc3sc(C(=O)N4CCCC4)c(N)c23)CO1. The molecule has 156 valence electrons. The number of hydrogen-bond acceptors (Lipinski definition) is 7. The number of ether oxygens (including phenoxy) is 2. The maximum Gasteiger partial charge on any atom is 0.266 e.